The lowest BCUT2D eigenvalue weighted by Crippen LogP contribution is -2.51. The molecule has 12 heteroatoms. The minimum atomic E-state index is -2.73. The monoisotopic (exact) mass is 452 g/mol. The Kier molecular flexibility index (Phi) is 5.14. The first-order chi connectivity index (χ1) is 15.0. The van der Waals surface area contributed by atoms with E-state index in [4.69, 9.17) is 21.1 Å². The van der Waals surface area contributed by atoms with Crippen molar-refractivity contribution in [1.82, 2.24) is 24.6 Å². The quantitative estimate of drug-likeness (QED) is 0.654. The van der Waals surface area contributed by atoms with E-state index in [0.29, 0.717) is 71.4 Å². The van der Waals surface area contributed by atoms with E-state index >= 15 is 0 Å². The third kappa shape index (κ3) is 3.68. The van der Waals surface area contributed by atoms with Crippen molar-refractivity contribution in [2.24, 2.45) is 0 Å². The number of fused-ring (bicyclic) bond motifs is 1. The molecule has 0 atom stereocenters. The van der Waals surface area contributed by atoms with Gasteiger partial charge in [-0.25, -0.2) is 14.5 Å². The third-order valence-corrected chi connectivity index (χ3v) is 5.83. The van der Waals surface area contributed by atoms with Gasteiger partial charge in [-0.3, -0.25) is 0 Å². The predicted molar refractivity (Wildman–Crippen MR) is 108 cm³/mol. The van der Waals surface area contributed by atoms with E-state index in [1.165, 1.54) is 12.4 Å². The molecule has 3 aromatic heterocycles. The number of rotatable bonds is 4. The molecule has 0 aliphatic carbocycles. The number of H-pyrrole nitrogens is 1. The van der Waals surface area contributed by atoms with Crippen LogP contribution in [0.1, 0.15) is 6.55 Å². The molecule has 0 saturated carbocycles. The van der Waals surface area contributed by atoms with Gasteiger partial charge in [0.2, 0.25) is 0 Å². The predicted octanol–water partition coefficient (Wildman–Crippen LogP) is 3.13. The van der Waals surface area contributed by atoms with E-state index in [9.17, 15) is 13.6 Å². The Morgan fingerprint density at radius 2 is 2.06 bits per heavy atom. The SMILES string of the molecule is O=C(OC1COC1)N1CCN(c2ccnc3[nH]c(-c4cnn(C(F)F)c4)c(Cl)c23)CC1. The van der Waals surface area contributed by atoms with E-state index < -0.39 is 6.55 Å². The van der Waals surface area contributed by atoms with Gasteiger partial charge in [0.25, 0.3) is 0 Å². The lowest BCUT2D eigenvalue weighted by Gasteiger charge is -2.37. The first kappa shape index (κ1) is 20.0. The smallest absolute Gasteiger partial charge is 0.410 e. The van der Waals surface area contributed by atoms with Crippen LogP contribution in [-0.2, 0) is 9.47 Å². The standard InChI is InChI=1S/C19H19ClF2N6O3/c20-15-14-13(26-3-5-27(6-4-26)19(29)31-12-9-30-10-12)1-2-23-17(14)25-16(15)11-7-24-28(8-11)18(21)22/h1-2,7-8,12,18H,3-6,9-10H2,(H,23,25). The summed E-state index contributed by atoms with van der Waals surface area (Å²) in [6.07, 6.45) is 3.75. The minimum absolute atomic E-state index is 0.156. The van der Waals surface area contributed by atoms with Crippen LogP contribution in [-0.4, -0.2) is 76.2 Å². The Balaban J connectivity index is 1.37. The number of alkyl halides is 2. The highest BCUT2D eigenvalue weighted by Crippen LogP contribution is 2.39. The van der Waals surface area contributed by atoms with E-state index in [-0.39, 0.29) is 12.2 Å². The number of hydrogen-bond donors (Lipinski definition) is 1. The zero-order chi connectivity index (χ0) is 21.5. The summed E-state index contributed by atoms with van der Waals surface area (Å²) in [7, 11) is 0. The molecule has 9 nitrogen and oxygen atoms in total. The first-order valence-electron chi connectivity index (χ1n) is 9.78. The maximum Gasteiger partial charge on any atom is 0.410 e. The van der Waals surface area contributed by atoms with Crippen molar-refractivity contribution >= 4 is 34.4 Å². The molecule has 2 saturated heterocycles. The lowest BCUT2D eigenvalue weighted by atomic mass is 10.2. The van der Waals surface area contributed by atoms with E-state index in [2.05, 4.69) is 20.0 Å². The number of halogens is 3. The van der Waals surface area contributed by atoms with Crippen molar-refractivity contribution in [3.63, 3.8) is 0 Å². The van der Waals surface area contributed by atoms with Crippen LogP contribution in [0.15, 0.2) is 24.7 Å². The number of aromatic amines is 1. The molecule has 5 rings (SSSR count). The van der Waals surface area contributed by atoms with E-state index in [1.807, 2.05) is 6.07 Å². The molecule has 31 heavy (non-hydrogen) atoms. The van der Waals surface area contributed by atoms with E-state index in [0.717, 1.165) is 5.69 Å². The number of carbonyl (C=O) groups excluding carboxylic acids is 1. The maximum atomic E-state index is 12.9. The number of anilines is 1. The number of ether oxygens (including phenoxy) is 2. The van der Waals surface area contributed by atoms with Crippen molar-refractivity contribution in [3.8, 4) is 11.3 Å². The summed E-state index contributed by atoms with van der Waals surface area (Å²) < 4.78 is 36.7. The molecule has 1 amide bonds. The molecule has 0 unspecified atom stereocenters. The molecule has 2 fully saturated rings. The molecule has 5 heterocycles. The second-order valence-corrected chi connectivity index (χ2v) is 7.75. The molecule has 0 bridgehead atoms. The Morgan fingerprint density at radius 1 is 1.29 bits per heavy atom. The maximum absolute atomic E-state index is 12.9. The molecule has 1 N–H and O–H groups in total. The molecular formula is C19H19ClF2N6O3. The van der Waals surface area contributed by atoms with Gasteiger partial charge in [0, 0.05) is 44.1 Å². The largest absolute Gasteiger partial charge is 0.441 e. The molecule has 2 aliphatic heterocycles. The summed E-state index contributed by atoms with van der Waals surface area (Å²) in [5.74, 6) is 0. The Morgan fingerprint density at radius 3 is 2.71 bits per heavy atom. The molecule has 0 aromatic carbocycles. The van der Waals surface area contributed by atoms with Crippen LogP contribution in [0, 0.1) is 0 Å². The summed E-state index contributed by atoms with van der Waals surface area (Å²) in [6, 6.07) is 1.86. The number of piperazine rings is 1. The van der Waals surface area contributed by atoms with Crippen LogP contribution in [0.3, 0.4) is 0 Å². The fourth-order valence-corrected chi connectivity index (χ4v) is 4.07. The van der Waals surface area contributed by atoms with Gasteiger partial charge >= 0.3 is 12.6 Å². The highest BCUT2D eigenvalue weighted by Gasteiger charge is 2.29. The Bertz CT molecular complexity index is 1110. The highest BCUT2D eigenvalue weighted by atomic mass is 35.5. The van der Waals surface area contributed by atoms with Crippen molar-refractivity contribution in [1.29, 1.82) is 0 Å². The fourth-order valence-electron chi connectivity index (χ4n) is 3.73. The van der Waals surface area contributed by atoms with Crippen molar-refractivity contribution in [2.75, 3.05) is 44.3 Å². The normalized spacial score (nSPS) is 17.4. The number of nitrogens with one attached hydrogen (secondary N) is 1. The van der Waals surface area contributed by atoms with E-state index in [1.54, 1.807) is 11.1 Å². The average Bonchev–Trinajstić information content (AvgIpc) is 3.36. The number of pyridine rings is 1. The summed E-state index contributed by atoms with van der Waals surface area (Å²) in [5, 5.41) is 4.76. The van der Waals surface area contributed by atoms with Gasteiger partial charge in [-0.1, -0.05) is 11.6 Å². The van der Waals surface area contributed by atoms with Crippen molar-refractivity contribution in [3.05, 3.63) is 29.7 Å². The summed E-state index contributed by atoms with van der Waals surface area (Å²) in [5.41, 5.74) is 2.34. The summed E-state index contributed by atoms with van der Waals surface area (Å²) >= 11 is 6.64. The molecular weight excluding hydrogens is 434 g/mol. The number of hydrogen-bond acceptors (Lipinski definition) is 6. The molecule has 0 radical (unpaired) electrons. The van der Waals surface area contributed by atoms with Crippen LogP contribution in [0.2, 0.25) is 5.02 Å². The minimum Gasteiger partial charge on any atom is -0.441 e. The van der Waals surface area contributed by atoms with Crippen LogP contribution in [0.4, 0.5) is 19.3 Å². The average molecular weight is 453 g/mol. The van der Waals surface area contributed by atoms with Gasteiger partial charge in [-0.05, 0) is 6.07 Å². The van der Waals surface area contributed by atoms with Gasteiger partial charge in [0.15, 0.2) is 6.10 Å². The van der Waals surface area contributed by atoms with Gasteiger partial charge in [-0.15, -0.1) is 0 Å². The number of amides is 1. The Labute approximate surface area is 180 Å². The topological polar surface area (TPSA) is 88.5 Å². The fraction of sp³-hybridized carbons (Fsp3) is 0.421. The molecule has 2 aliphatic rings. The second kappa shape index (κ2) is 7.97. The molecule has 164 valence electrons. The van der Waals surface area contributed by atoms with Crippen molar-refractivity contribution < 1.29 is 23.0 Å². The zero-order valence-corrected chi connectivity index (χ0v) is 17.1. The lowest BCUT2D eigenvalue weighted by molar-refractivity contribution is -0.104. The molecule has 3 aromatic rings. The van der Waals surface area contributed by atoms with Gasteiger partial charge in [0.05, 0.1) is 41.2 Å². The van der Waals surface area contributed by atoms with Gasteiger partial charge in [0.1, 0.15) is 5.65 Å². The number of carbonyl (C=O) groups is 1. The molecule has 0 spiro atoms. The number of nitrogens with zero attached hydrogens (tertiary/aromatic N) is 5. The van der Waals surface area contributed by atoms with Crippen molar-refractivity contribution in [2.45, 2.75) is 12.7 Å². The van der Waals surface area contributed by atoms with Crippen LogP contribution in [0.5, 0.6) is 0 Å². The van der Waals surface area contributed by atoms with Crippen LogP contribution >= 0.6 is 11.6 Å². The zero-order valence-electron chi connectivity index (χ0n) is 16.3. The summed E-state index contributed by atoms with van der Waals surface area (Å²) in [4.78, 5) is 23.5. The first-order valence-corrected chi connectivity index (χ1v) is 10.2. The Hall–Kier alpha value is -2.92. The summed E-state index contributed by atoms with van der Waals surface area (Å²) in [6.45, 7) is 0.366. The number of aromatic nitrogens is 4. The third-order valence-electron chi connectivity index (χ3n) is 5.46. The highest BCUT2D eigenvalue weighted by molar-refractivity contribution is 6.39. The van der Waals surface area contributed by atoms with Crippen LogP contribution < -0.4 is 4.90 Å². The van der Waals surface area contributed by atoms with Gasteiger partial charge < -0.3 is 24.3 Å². The second-order valence-electron chi connectivity index (χ2n) is 7.37. The van der Waals surface area contributed by atoms with Crippen LogP contribution in [0.25, 0.3) is 22.3 Å². The van der Waals surface area contributed by atoms with Gasteiger partial charge in [-0.2, -0.15) is 13.9 Å².